The van der Waals surface area contributed by atoms with E-state index in [2.05, 4.69) is 4.98 Å². The van der Waals surface area contributed by atoms with Crippen LogP contribution < -0.4 is 0 Å². The second-order valence-electron chi connectivity index (χ2n) is 6.02. The first-order valence-electron chi connectivity index (χ1n) is 8.17. The molecule has 0 saturated carbocycles. The van der Waals surface area contributed by atoms with Gasteiger partial charge in [0.1, 0.15) is 22.0 Å². The zero-order valence-corrected chi connectivity index (χ0v) is 14.7. The quantitative estimate of drug-likeness (QED) is 0.857. The molecule has 2 aromatic rings. The molecule has 7 heteroatoms. The molecule has 1 amide bonds. The van der Waals surface area contributed by atoms with Crippen molar-refractivity contribution in [3.05, 3.63) is 52.0 Å². The van der Waals surface area contributed by atoms with Gasteiger partial charge in [0.25, 0.3) is 5.91 Å². The Hall–Kier alpha value is -2.25. The maximum atomic E-state index is 12.7. The van der Waals surface area contributed by atoms with Gasteiger partial charge in [-0.3, -0.25) is 4.79 Å². The number of aliphatic carboxylic acids is 1. The fraction of sp³-hybridized carbons (Fsp3) is 0.389. The molecule has 0 bridgehead atoms. The van der Waals surface area contributed by atoms with Gasteiger partial charge in [-0.15, -0.1) is 11.3 Å². The molecule has 3 rings (SSSR count). The van der Waals surface area contributed by atoms with Crippen LogP contribution in [0.1, 0.15) is 39.2 Å². The third-order valence-electron chi connectivity index (χ3n) is 4.28. The lowest BCUT2D eigenvalue weighted by molar-refractivity contribution is -0.141. The van der Waals surface area contributed by atoms with Crippen LogP contribution in [0.5, 0.6) is 0 Å². The van der Waals surface area contributed by atoms with Gasteiger partial charge in [0, 0.05) is 20.1 Å². The average molecular weight is 360 g/mol. The maximum absolute atomic E-state index is 12.7. The van der Waals surface area contributed by atoms with Gasteiger partial charge < -0.3 is 14.7 Å². The number of nitrogens with zero attached hydrogens (tertiary/aromatic N) is 2. The van der Waals surface area contributed by atoms with Crippen LogP contribution in [0.3, 0.4) is 0 Å². The SMILES string of the molecule is CN(C(=O)c1cnc(C2CCCO2)s1)C(Cc1ccccc1)C(=O)O. The number of thiazole rings is 1. The molecule has 0 aliphatic carbocycles. The third-order valence-corrected chi connectivity index (χ3v) is 5.36. The van der Waals surface area contributed by atoms with Crippen molar-refractivity contribution < 1.29 is 19.4 Å². The fourth-order valence-electron chi connectivity index (χ4n) is 2.85. The second kappa shape index (κ2) is 7.76. The Labute approximate surface area is 150 Å². The first-order valence-corrected chi connectivity index (χ1v) is 8.99. The minimum Gasteiger partial charge on any atom is -0.480 e. The summed E-state index contributed by atoms with van der Waals surface area (Å²) in [4.78, 5) is 30.4. The summed E-state index contributed by atoms with van der Waals surface area (Å²) >= 11 is 1.28. The second-order valence-corrected chi connectivity index (χ2v) is 7.09. The van der Waals surface area contributed by atoms with Crippen molar-refractivity contribution in [2.24, 2.45) is 0 Å². The molecular formula is C18H20N2O4S. The van der Waals surface area contributed by atoms with Crippen LogP contribution in [0, 0.1) is 0 Å². The highest BCUT2D eigenvalue weighted by molar-refractivity contribution is 7.13. The predicted octanol–water partition coefficient (Wildman–Crippen LogP) is 2.76. The highest BCUT2D eigenvalue weighted by Crippen LogP contribution is 2.31. The Morgan fingerprint density at radius 2 is 2.16 bits per heavy atom. The lowest BCUT2D eigenvalue weighted by Crippen LogP contribution is -2.43. The third kappa shape index (κ3) is 4.05. The number of carboxylic acids is 1. The number of hydrogen-bond donors (Lipinski definition) is 1. The molecule has 1 N–H and O–H groups in total. The molecule has 1 saturated heterocycles. The fourth-order valence-corrected chi connectivity index (χ4v) is 3.84. The van der Waals surface area contributed by atoms with E-state index in [4.69, 9.17) is 4.74 Å². The number of likely N-dealkylation sites (N-methyl/N-ethyl adjacent to an activating group) is 1. The summed E-state index contributed by atoms with van der Waals surface area (Å²) in [5.41, 5.74) is 0.874. The Morgan fingerprint density at radius 1 is 1.40 bits per heavy atom. The van der Waals surface area contributed by atoms with E-state index in [-0.39, 0.29) is 18.4 Å². The molecule has 1 fully saturated rings. The van der Waals surface area contributed by atoms with Crippen LogP contribution in [0.25, 0.3) is 0 Å². The summed E-state index contributed by atoms with van der Waals surface area (Å²) in [5.74, 6) is -1.35. The summed E-state index contributed by atoms with van der Waals surface area (Å²) < 4.78 is 5.59. The molecule has 2 unspecified atom stereocenters. The molecule has 2 atom stereocenters. The number of ether oxygens (including phenoxy) is 1. The number of carbonyl (C=O) groups is 2. The summed E-state index contributed by atoms with van der Waals surface area (Å²) in [7, 11) is 1.52. The first-order chi connectivity index (χ1) is 12.1. The Bertz CT molecular complexity index is 741. The molecular weight excluding hydrogens is 340 g/mol. The summed E-state index contributed by atoms with van der Waals surface area (Å²) in [6.45, 7) is 0.714. The molecule has 0 radical (unpaired) electrons. The highest BCUT2D eigenvalue weighted by atomic mass is 32.1. The normalized spacial score (nSPS) is 18.0. The van der Waals surface area contributed by atoms with E-state index >= 15 is 0 Å². The van der Waals surface area contributed by atoms with Crippen LogP contribution in [-0.4, -0.2) is 46.6 Å². The lowest BCUT2D eigenvalue weighted by Gasteiger charge is -2.24. The van der Waals surface area contributed by atoms with Crippen molar-refractivity contribution in [1.82, 2.24) is 9.88 Å². The number of hydrogen-bond acceptors (Lipinski definition) is 5. The predicted molar refractivity (Wildman–Crippen MR) is 93.7 cm³/mol. The van der Waals surface area contributed by atoms with E-state index in [0.29, 0.717) is 11.5 Å². The van der Waals surface area contributed by atoms with Crippen molar-refractivity contribution >= 4 is 23.2 Å². The van der Waals surface area contributed by atoms with Gasteiger partial charge in [-0.1, -0.05) is 30.3 Å². The lowest BCUT2D eigenvalue weighted by atomic mass is 10.0. The number of rotatable bonds is 6. The van der Waals surface area contributed by atoms with Crippen LogP contribution in [0.4, 0.5) is 0 Å². The molecule has 1 aliphatic rings. The Morgan fingerprint density at radius 3 is 2.80 bits per heavy atom. The zero-order valence-electron chi connectivity index (χ0n) is 13.9. The number of aromatic nitrogens is 1. The molecule has 0 spiro atoms. The van der Waals surface area contributed by atoms with Gasteiger partial charge in [-0.2, -0.15) is 0 Å². The smallest absolute Gasteiger partial charge is 0.326 e. The summed E-state index contributed by atoms with van der Waals surface area (Å²) in [6.07, 6.45) is 3.63. The average Bonchev–Trinajstić information content (AvgIpc) is 3.30. The number of benzene rings is 1. The van der Waals surface area contributed by atoms with E-state index in [1.807, 2.05) is 30.3 Å². The van der Waals surface area contributed by atoms with E-state index in [0.717, 1.165) is 23.4 Å². The standard InChI is InChI=1S/C18H20N2O4S/c1-20(13(18(22)23)10-12-6-3-2-4-7-12)17(21)15-11-19-16(25-15)14-8-5-9-24-14/h2-4,6-7,11,13-14H,5,8-10H2,1H3,(H,22,23). The van der Waals surface area contributed by atoms with Crippen LogP contribution in [0.2, 0.25) is 0 Å². The molecule has 1 aromatic heterocycles. The van der Waals surface area contributed by atoms with Crippen molar-refractivity contribution in [1.29, 1.82) is 0 Å². The highest BCUT2D eigenvalue weighted by Gasteiger charge is 2.29. The number of amides is 1. The molecule has 25 heavy (non-hydrogen) atoms. The first kappa shape index (κ1) is 17.6. The minimum absolute atomic E-state index is 0.0450. The molecule has 1 aromatic carbocycles. The van der Waals surface area contributed by atoms with Crippen LogP contribution in [-0.2, 0) is 16.0 Å². The minimum atomic E-state index is -1.02. The van der Waals surface area contributed by atoms with Gasteiger partial charge in [0.05, 0.1) is 6.20 Å². The van der Waals surface area contributed by atoms with Crippen LogP contribution in [0.15, 0.2) is 36.5 Å². The van der Waals surface area contributed by atoms with Gasteiger partial charge >= 0.3 is 5.97 Å². The monoisotopic (exact) mass is 360 g/mol. The molecule has 132 valence electrons. The number of carboxylic acid groups (broad SMARTS) is 1. The molecule has 6 nitrogen and oxygen atoms in total. The zero-order chi connectivity index (χ0) is 17.8. The van der Waals surface area contributed by atoms with Crippen molar-refractivity contribution in [3.63, 3.8) is 0 Å². The van der Waals surface area contributed by atoms with E-state index in [9.17, 15) is 14.7 Å². The number of carbonyl (C=O) groups excluding carboxylic acids is 1. The molecule has 2 heterocycles. The van der Waals surface area contributed by atoms with E-state index < -0.39 is 12.0 Å². The summed E-state index contributed by atoms with van der Waals surface area (Å²) in [5, 5.41) is 10.3. The van der Waals surface area contributed by atoms with Crippen molar-refractivity contribution in [2.75, 3.05) is 13.7 Å². The van der Waals surface area contributed by atoms with Gasteiger partial charge in [-0.25, -0.2) is 9.78 Å². The largest absolute Gasteiger partial charge is 0.480 e. The summed E-state index contributed by atoms with van der Waals surface area (Å²) in [6, 6.07) is 8.37. The Balaban J connectivity index is 1.73. The van der Waals surface area contributed by atoms with E-state index in [1.165, 1.54) is 29.5 Å². The topological polar surface area (TPSA) is 79.7 Å². The Kier molecular flexibility index (Phi) is 5.45. The van der Waals surface area contributed by atoms with Gasteiger partial charge in [-0.05, 0) is 18.4 Å². The van der Waals surface area contributed by atoms with Crippen molar-refractivity contribution in [2.45, 2.75) is 31.4 Å². The molecule has 1 aliphatic heterocycles. The van der Waals surface area contributed by atoms with Gasteiger partial charge in [0.2, 0.25) is 0 Å². The van der Waals surface area contributed by atoms with Crippen LogP contribution >= 0.6 is 11.3 Å². The van der Waals surface area contributed by atoms with Gasteiger partial charge in [0.15, 0.2) is 0 Å². The van der Waals surface area contributed by atoms with Crippen molar-refractivity contribution in [3.8, 4) is 0 Å². The van der Waals surface area contributed by atoms with E-state index in [1.54, 1.807) is 0 Å². The maximum Gasteiger partial charge on any atom is 0.326 e.